The number of thiophene rings is 1. The molecule has 1 aliphatic heterocycles. The van der Waals surface area contributed by atoms with Crippen LogP contribution >= 0.6 is 11.3 Å². The number of halogens is 2. The van der Waals surface area contributed by atoms with Crippen LogP contribution in [0.25, 0.3) is 0 Å². The number of ether oxygens (including phenoxy) is 1. The van der Waals surface area contributed by atoms with Gasteiger partial charge in [0.1, 0.15) is 17.2 Å². The van der Waals surface area contributed by atoms with E-state index in [1.165, 1.54) is 17.4 Å². The lowest BCUT2D eigenvalue weighted by Gasteiger charge is -2.34. The lowest BCUT2D eigenvalue weighted by molar-refractivity contribution is 0.0265. The fourth-order valence-electron chi connectivity index (χ4n) is 2.78. The van der Waals surface area contributed by atoms with Gasteiger partial charge in [-0.15, -0.1) is 11.3 Å². The third-order valence-corrected chi connectivity index (χ3v) is 4.84. The second-order valence-electron chi connectivity index (χ2n) is 5.45. The molecule has 0 N–H and O–H groups in total. The first kappa shape index (κ1) is 16.1. The molecule has 2 heterocycles. The largest absolute Gasteiger partial charge is 0.381 e. The Morgan fingerprint density at radius 2 is 1.87 bits per heavy atom. The molecule has 3 nitrogen and oxygen atoms in total. The minimum atomic E-state index is -0.821. The molecular weight excluding hydrogens is 320 g/mol. The molecule has 1 aromatic carbocycles. The molecule has 0 spiro atoms. The highest BCUT2D eigenvalue weighted by Crippen LogP contribution is 2.24. The van der Waals surface area contributed by atoms with Crippen molar-refractivity contribution in [2.24, 2.45) is 0 Å². The minimum Gasteiger partial charge on any atom is -0.381 e. The summed E-state index contributed by atoms with van der Waals surface area (Å²) in [5.74, 6) is -2.24. The summed E-state index contributed by atoms with van der Waals surface area (Å²) in [4.78, 5) is 15.4. The van der Waals surface area contributed by atoms with Crippen LogP contribution in [0.1, 0.15) is 28.1 Å². The first-order valence-corrected chi connectivity index (χ1v) is 8.40. The first-order chi connectivity index (χ1) is 11.2. The highest BCUT2D eigenvalue weighted by atomic mass is 32.1. The van der Waals surface area contributed by atoms with Gasteiger partial charge < -0.3 is 9.64 Å². The molecule has 0 saturated carbocycles. The average molecular weight is 337 g/mol. The molecule has 0 bridgehead atoms. The van der Waals surface area contributed by atoms with E-state index in [-0.39, 0.29) is 6.04 Å². The van der Waals surface area contributed by atoms with Crippen molar-refractivity contribution in [3.05, 3.63) is 57.8 Å². The highest BCUT2D eigenvalue weighted by Gasteiger charge is 2.30. The fourth-order valence-corrected chi connectivity index (χ4v) is 3.48. The van der Waals surface area contributed by atoms with Gasteiger partial charge in [0.15, 0.2) is 0 Å². The molecule has 1 fully saturated rings. The summed E-state index contributed by atoms with van der Waals surface area (Å²) in [7, 11) is 0. The summed E-state index contributed by atoms with van der Waals surface area (Å²) >= 11 is 1.52. The lowest BCUT2D eigenvalue weighted by atomic mass is 10.0. The van der Waals surface area contributed by atoms with Gasteiger partial charge in [-0.05, 0) is 36.4 Å². The van der Waals surface area contributed by atoms with Crippen molar-refractivity contribution in [2.75, 3.05) is 13.2 Å². The van der Waals surface area contributed by atoms with Crippen molar-refractivity contribution in [2.45, 2.75) is 25.4 Å². The fraction of sp³-hybridized carbons (Fsp3) is 0.353. The van der Waals surface area contributed by atoms with Crippen LogP contribution in [0, 0.1) is 11.6 Å². The molecule has 23 heavy (non-hydrogen) atoms. The Kier molecular flexibility index (Phi) is 5.03. The Morgan fingerprint density at radius 1 is 1.17 bits per heavy atom. The molecule has 2 aromatic rings. The summed E-state index contributed by atoms with van der Waals surface area (Å²) in [6.07, 6.45) is 1.35. The maximum absolute atomic E-state index is 14.0. The molecule has 1 aliphatic rings. The third kappa shape index (κ3) is 3.59. The topological polar surface area (TPSA) is 29.5 Å². The van der Waals surface area contributed by atoms with Gasteiger partial charge in [0.25, 0.3) is 5.91 Å². The molecule has 1 saturated heterocycles. The van der Waals surface area contributed by atoms with E-state index in [1.54, 1.807) is 4.90 Å². The van der Waals surface area contributed by atoms with Crippen molar-refractivity contribution >= 4 is 17.2 Å². The molecule has 0 unspecified atom stereocenters. The van der Waals surface area contributed by atoms with Crippen molar-refractivity contribution in [1.82, 2.24) is 4.90 Å². The number of nitrogens with zero attached hydrogens (tertiary/aromatic N) is 1. The van der Waals surface area contributed by atoms with E-state index in [4.69, 9.17) is 4.74 Å². The normalized spacial score (nSPS) is 15.6. The Hall–Kier alpha value is -1.79. The van der Waals surface area contributed by atoms with Gasteiger partial charge in [-0.1, -0.05) is 12.1 Å². The molecule has 1 aromatic heterocycles. The molecule has 3 rings (SSSR count). The zero-order chi connectivity index (χ0) is 16.2. The van der Waals surface area contributed by atoms with Crippen LogP contribution < -0.4 is 0 Å². The first-order valence-electron chi connectivity index (χ1n) is 7.52. The van der Waals surface area contributed by atoms with Crippen molar-refractivity contribution < 1.29 is 18.3 Å². The van der Waals surface area contributed by atoms with Gasteiger partial charge in [0.05, 0.1) is 6.54 Å². The summed E-state index contributed by atoms with van der Waals surface area (Å²) in [6, 6.07) is 7.24. The summed E-state index contributed by atoms with van der Waals surface area (Å²) in [6.45, 7) is 1.46. The van der Waals surface area contributed by atoms with E-state index in [1.807, 2.05) is 17.5 Å². The van der Waals surface area contributed by atoms with Gasteiger partial charge in [-0.3, -0.25) is 4.79 Å². The third-order valence-electron chi connectivity index (χ3n) is 3.98. The van der Waals surface area contributed by atoms with Crippen LogP contribution in [0.5, 0.6) is 0 Å². The van der Waals surface area contributed by atoms with Crippen molar-refractivity contribution in [3.8, 4) is 0 Å². The molecule has 0 atom stereocenters. The Morgan fingerprint density at radius 3 is 2.48 bits per heavy atom. The summed E-state index contributed by atoms with van der Waals surface area (Å²) < 4.78 is 33.3. The van der Waals surface area contributed by atoms with Gasteiger partial charge in [-0.2, -0.15) is 0 Å². The van der Waals surface area contributed by atoms with Crippen molar-refractivity contribution in [1.29, 1.82) is 0 Å². The van der Waals surface area contributed by atoms with Gasteiger partial charge >= 0.3 is 0 Å². The molecule has 0 radical (unpaired) electrons. The monoisotopic (exact) mass is 337 g/mol. The summed E-state index contributed by atoms with van der Waals surface area (Å²) in [5, 5.41) is 1.92. The Labute approximate surface area is 137 Å². The summed E-state index contributed by atoms with van der Waals surface area (Å²) in [5.41, 5.74) is -0.476. The number of rotatable bonds is 4. The smallest absolute Gasteiger partial charge is 0.260 e. The number of carbonyl (C=O) groups is 1. The number of amides is 1. The molecule has 6 heteroatoms. The molecule has 1 amide bonds. The highest BCUT2D eigenvalue weighted by molar-refractivity contribution is 7.09. The number of hydrogen-bond acceptors (Lipinski definition) is 3. The molecule has 122 valence electrons. The zero-order valence-electron chi connectivity index (χ0n) is 12.5. The molecular formula is C17H17F2NO2S. The van der Waals surface area contributed by atoms with Gasteiger partial charge in [-0.25, -0.2) is 8.78 Å². The minimum absolute atomic E-state index is 0.0719. The van der Waals surface area contributed by atoms with Crippen LogP contribution in [-0.2, 0) is 11.3 Å². The quantitative estimate of drug-likeness (QED) is 0.848. The number of carbonyl (C=O) groups excluding carboxylic acids is 1. The maximum atomic E-state index is 14.0. The Balaban J connectivity index is 1.91. The number of benzene rings is 1. The van der Waals surface area contributed by atoms with E-state index in [2.05, 4.69) is 0 Å². The standard InChI is InChI=1S/C17H17F2NO2S/c18-14-4-1-5-15(19)16(14)17(21)20(11-13-3-2-10-23-13)12-6-8-22-9-7-12/h1-5,10,12H,6-9,11H2. The van der Waals surface area contributed by atoms with E-state index in [9.17, 15) is 13.6 Å². The van der Waals surface area contributed by atoms with Crippen LogP contribution in [-0.4, -0.2) is 30.1 Å². The maximum Gasteiger partial charge on any atom is 0.260 e. The van der Waals surface area contributed by atoms with Crippen LogP contribution in [0.15, 0.2) is 35.7 Å². The Bertz CT molecular complexity index is 649. The second kappa shape index (κ2) is 7.19. The van der Waals surface area contributed by atoms with Crippen LogP contribution in [0.3, 0.4) is 0 Å². The van der Waals surface area contributed by atoms with E-state index < -0.39 is 23.1 Å². The lowest BCUT2D eigenvalue weighted by Crippen LogP contribution is -2.43. The predicted molar refractivity (Wildman–Crippen MR) is 84.4 cm³/mol. The van der Waals surface area contributed by atoms with E-state index in [0.29, 0.717) is 32.6 Å². The average Bonchev–Trinajstić information content (AvgIpc) is 3.06. The SMILES string of the molecule is O=C(c1c(F)cccc1F)N(Cc1cccs1)C1CCOCC1. The van der Waals surface area contributed by atoms with Crippen LogP contribution in [0.4, 0.5) is 8.78 Å². The van der Waals surface area contributed by atoms with Gasteiger partial charge in [0, 0.05) is 24.1 Å². The molecule has 0 aliphatic carbocycles. The van der Waals surface area contributed by atoms with Crippen molar-refractivity contribution in [3.63, 3.8) is 0 Å². The predicted octanol–water partition coefficient (Wildman–Crippen LogP) is 3.85. The van der Waals surface area contributed by atoms with E-state index >= 15 is 0 Å². The second-order valence-corrected chi connectivity index (χ2v) is 6.48. The van der Waals surface area contributed by atoms with E-state index in [0.717, 1.165) is 17.0 Å². The number of hydrogen-bond donors (Lipinski definition) is 0. The zero-order valence-corrected chi connectivity index (χ0v) is 13.3. The van der Waals surface area contributed by atoms with Crippen LogP contribution in [0.2, 0.25) is 0 Å². The van der Waals surface area contributed by atoms with Gasteiger partial charge in [0.2, 0.25) is 0 Å².